The minimum absolute atomic E-state index is 0.0483. The van der Waals surface area contributed by atoms with Gasteiger partial charge in [0.1, 0.15) is 5.82 Å². The molecule has 2 aromatic rings. The number of anilines is 2. The molecule has 4 nitrogen and oxygen atoms in total. The zero-order valence-electron chi connectivity index (χ0n) is 12.4. The number of fused-ring (bicyclic) bond motifs is 1. The van der Waals surface area contributed by atoms with E-state index in [2.05, 4.69) is 10.6 Å². The SMILES string of the molecule is CSc1cccc(NC(=O)C2CC(=O)Nc3cc(F)ccc32)c1. The Morgan fingerprint density at radius 3 is 2.91 bits per heavy atom. The molecule has 0 fully saturated rings. The summed E-state index contributed by atoms with van der Waals surface area (Å²) < 4.78 is 13.3. The third-order valence-electron chi connectivity index (χ3n) is 3.71. The van der Waals surface area contributed by atoms with E-state index in [4.69, 9.17) is 0 Å². The van der Waals surface area contributed by atoms with Crippen molar-refractivity contribution in [2.75, 3.05) is 16.9 Å². The highest BCUT2D eigenvalue weighted by Gasteiger charge is 2.31. The molecular formula is C17H15FN2O2S. The molecule has 0 saturated carbocycles. The van der Waals surface area contributed by atoms with E-state index < -0.39 is 11.7 Å². The lowest BCUT2D eigenvalue weighted by molar-refractivity contribution is -0.123. The Hall–Kier alpha value is -2.34. The summed E-state index contributed by atoms with van der Waals surface area (Å²) in [5.41, 5.74) is 1.67. The number of nitrogens with one attached hydrogen (secondary N) is 2. The largest absolute Gasteiger partial charge is 0.326 e. The molecule has 2 N–H and O–H groups in total. The molecule has 2 amide bonds. The minimum atomic E-state index is -0.628. The Bertz CT molecular complexity index is 779. The Balaban J connectivity index is 1.86. The lowest BCUT2D eigenvalue weighted by Gasteiger charge is -2.25. The summed E-state index contributed by atoms with van der Waals surface area (Å²) in [7, 11) is 0. The van der Waals surface area contributed by atoms with Crippen LogP contribution in [0.5, 0.6) is 0 Å². The molecule has 2 aromatic carbocycles. The normalized spacial score (nSPS) is 16.4. The van der Waals surface area contributed by atoms with E-state index in [9.17, 15) is 14.0 Å². The molecule has 118 valence electrons. The molecule has 1 heterocycles. The smallest absolute Gasteiger partial charge is 0.232 e. The van der Waals surface area contributed by atoms with Crippen LogP contribution in [-0.2, 0) is 9.59 Å². The standard InChI is InChI=1S/C17H15FN2O2S/c1-23-12-4-2-3-11(8-12)19-17(22)14-9-16(21)20-15-7-10(18)5-6-13(14)15/h2-8,14H,9H2,1H3,(H,19,22)(H,20,21). The number of halogens is 1. The average molecular weight is 330 g/mol. The first kappa shape index (κ1) is 15.6. The van der Waals surface area contributed by atoms with Crippen molar-refractivity contribution in [3.63, 3.8) is 0 Å². The first-order valence-electron chi connectivity index (χ1n) is 7.11. The molecule has 1 aliphatic heterocycles. The molecule has 1 unspecified atom stereocenters. The van der Waals surface area contributed by atoms with Gasteiger partial charge < -0.3 is 10.6 Å². The molecule has 3 rings (SSSR count). The van der Waals surface area contributed by atoms with Crippen LogP contribution in [0.25, 0.3) is 0 Å². The van der Waals surface area contributed by atoms with Crippen molar-refractivity contribution in [2.24, 2.45) is 0 Å². The van der Waals surface area contributed by atoms with E-state index in [1.807, 2.05) is 24.5 Å². The van der Waals surface area contributed by atoms with Gasteiger partial charge in [-0.3, -0.25) is 9.59 Å². The lowest BCUT2D eigenvalue weighted by Crippen LogP contribution is -2.30. The summed E-state index contributed by atoms with van der Waals surface area (Å²) in [6, 6.07) is 11.6. The van der Waals surface area contributed by atoms with Crippen LogP contribution in [0.1, 0.15) is 17.9 Å². The minimum Gasteiger partial charge on any atom is -0.326 e. The number of amides is 2. The molecule has 0 radical (unpaired) electrons. The van der Waals surface area contributed by atoms with Gasteiger partial charge in [-0.2, -0.15) is 0 Å². The summed E-state index contributed by atoms with van der Waals surface area (Å²) >= 11 is 1.58. The number of carbonyl (C=O) groups is 2. The first-order valence-corrected chi connectivity index (χ1v) is 8.33. The van der Waals surface area contributed by atoms with E-state index in [1.165, 1.54) is 12.1 Å². The molecule has 0 aromatic heterocycles. The van der Waals surface area contributed by atoms with Gasteiger partial charge in [0.2, 0.25) is 11.8 Å². The van der Waals surface area contributed by atoms with E-state index in [1.54, 1.807) is 23.9 Å². The summed E-state index contributed by atoms with van der Waals surface area (Å²) in [6.45, 7) is 0. The summed E-state index contributed by atoms with van der Waals surface area (Å²) in [5, 5.41) is 5.44. The van der Waals surface area contributed by atoms with Crippen LogP contribution in [0.3, 0.4) is 0 Å². The van der Waals surface area contributed by atoms with Crippen LogP contribution in [0.15, 0.2) is 47.4 Å². The van der Waals surface area contributed by atoms with Gasteiger partial charge >= 0.3 is 0 Å². The van der Waals surface area contributed by atoms with Crippen molar-refractivity contribution < 1.29 is 14.0 Å². The first-order chi connectivity index (χ1) is 11.1. The zero-order chi connectivity index (χ0) is 16.4. The van der Waals surface area contributed by atoms with Crippen molar-refractivity contribution in [1.82, 2.24) is 0 Å². The molecule has 1 aliphatic rings. The maximum Gasteiger partial charge on any atom is 0.232 e. The van der Waals surface area contributed by atoms with Gasteiger partial charge in [0, 0.05) is 22.7 Å². The van der Waals surface area contributed by atoms with Crippen LogP contribution < -0.4 is 10.6 Å². The maximum absolute atomic E-state index is 13.3. The average Bonchev–Trinajstić information content (AvgIpc) is 2.53. The molecule has 0 saturated heterocycles. The highest BCUT2D eigenvalue weighted by molar-refractivity contribution is 7.98. The van der Waals surface area contributed by atoms with Crippen LogP contribution >= 0.6 is 11.8 Å². The van der Waals surface area contributed by atoms with Crippen LogP contribution in [0.4, 0.5) is 15.8 Å². The molecule has 23 heavy (non-hydrogen) atoms. The van der Waals surface area contributed by atoms with Crippen molar-refractivity contribution >= 4 is 35.0 Å². The van der Waals surface area contributed by atoms with E-state index in [-0.39, 0.29) is 18.2 Å². The van der Waals surface area contributed by atoms with Gasteiger partial charge in [0.15, 0.2) is 0 Å². The predicted octanol–water partition coefficient (Wildman–Crippen LogP) is 3.61. The molecule has 0 spiro atoms. The monoisotopic (exact) mass is 330 g/mol. The maximum atomic E-state index is 13.3. The van der Waals surface area contributed by atoms with Gasteiger partial charge in [0.05, 0.1) is 5.92 Å². The Morgan fingerprint density at radius 2 is 2.13 bits per heavy atom. The van der Waals surface area contributed by atoms with E-state index in [0.717, 1.165) is 4.90 Å². The lowest BCUT2D eigenvalue weighted by atomic mass is 9.89. The fraction of sp³-hybridized carbons (Fsp3) is 0.176. The number of thioether (sulfide) groups is 1. The Kier molecular flexibility index (Phi) is 4.34. The quantitative estimate of drug-likeness (QED) is 0.845. The summed E-state index contributed by atoms with van der Waals surface area (Å²) in [4.78, 5) is 25.4. The second kappa shape index (κ2) is 6.42. The zero-order valence-corrected chi connectivity index (χ0v) is 13.2. The molecule has 6 heteroatoms. The number of hydrogen-bond acceptors (Lipinski definition) is 3. The van der Waals surface area contributed by atoms with Gasteiger partial charge in [-0.05, 0) is 42.2 Å². The van der Waals surface area contributed by atoms with Gasteiger partial charge in [-0.1, -0.05) is 12.1 Å². The third-order valence-corrected chi connectivity index (χ3v) is 4.43. The van der Waals surface area contributed by atoms with E-state index in [0.29, 0.717) is 16.9 Å². The molecular weight excluding hydrogens is 315 g/mol. The van der Waals surface area contributed by atoms with Gasteiger partial charge in [-0.25, -0.2) is 4.39 Å². The van der Waals surface area contributed by atoms with E-state index >= 15 is 0 Å². The second-order valence-corrected chi connectivity index (χ2v) is 6.14. The van der Waals surface area contributed by atoms with Crippen LogP contribution in [0.2, 0.25) is 0 Å². The topological polar surface area (TPSA) is 58.2 Å². The van der Waals surface area contributed by atoms with Crippen LogP contribution in [-0.4, -0.2) is 18.1 Å². The van der Waals surface area contributed by atoms with Crippen molar-refractivity contribution in [1.29, 1.82) is 0 Å². The Morgan fingerprint density at radius 1 is 1.30 bits per heavy atom. The van der Waals surface area contributed by atoms with Crippen molar-refractivity contribution in [2.45, 2.75) is 17.2 Å². The van der Waals surface area contributed by atoms with Crippen LogP contribution in [0, 0.1) is 5.82 Å². The molecule has 1 atom stereocenters. The van der Waals surface area contributed by atoms with Crippen molar-refractivity contribution in [3.05, 3.63) is 53.8 Å². The van der Waals surface area contributed by atoms with Gasteiger partial charge in [0.25, 0.3) is 0 Å². The molecule has 0 aliphatic carbocycles. The second-order valence-electron chi connectivity index (χ2n) is 5.26. The predicted molar refractivity (Wildman–Crippen MR) is 89.2 cm³/mol. The Labute approximate surface area is 137 Å². The third kappa shape index (κ3) is 3.37. The fourth-order valence-corrected chi connectivity index (χ4v) is 3.06. The van der Waals surface area contributed by atoms with Gasteiger partial charge in [-0.15, -0.1) is 11.8 Å². The number of hydrogen-bond donors (Lipinski definition) is 2. The number of carbonyl (C=O) groups excluding carboxylic acids is 2. The fourth-order valence-electron chi connectivity index (χ4n) is 2.60. The highest BCUT2D eigenvalue weighted by Crippen LogP contribution is 2.33. The molecule has 0 bridgehead atoms. The summed E-state index contributed by atoms with van der Waals surface area (Å²) in [5.74, 6) is -1.64. The number of benzene rings is 2. The summed E-state index contributed by atoms with van der Waals surface area (Å²) in [6.07, 6.45) is 2.00. The van der Waals surface area contributed by atoms with Crippen molar-refractivity contribution in [3.8, 4) is 0 Å². The highest BCUT2D eigenvalue weighted by atomic mass is 32.2. The number of rotatable bonds is 3.